The molecule has 178 valence electrons. The maximum Gasteiger partial charge on any atom is 0.271 e. The Morgan fingerprint density at radius 1 is 1.09 bits per heavy atom. The minimum absolute atomic E-state index is 0.0419. The Kier molecular flexibility index (Phi) is 8.35. The first kappa shape index (κ1) is 24.3. The van der Waals surface area contributed by atoms with Crippen molar-refractivity contribution in [3.8, 4) is 5.75 Å². The van der Waals surface area contributed by atoms with E-state index >= 15 is 0 Å². The highest BCUT2D eigenvalue weighted by Gasteiger charge is 2.32. The van der Waals surface area contributed by atoms with Gasteiger partial charge in [-0.2, -0.15) is 5.10 Å². The summed E-state index contributed by atoms with van der Waals surface area (Å²) in [5, 5.41) is 4.00. The van der Waals surface area contributed by atoms with Gasteiger partial charge in [-0.3, -0.25) is 9.59 Å². The Balaban J connectivity index is 1.32. The zero-order chi connectivity index (χ0) is 24.5. The fraction of sp³-hybridized carbons (Fsp3) is 0.179. The second-order valence-electron chi connectivity index (χ2n) is 7.98. The summed E-state index contributed by atoms with van der Waals surface area (Å²) >= 11 is 1.62. The summed E-state index contributed by atoms with van der Waals surface area (Å²) in [5.74, 6) is 1.06. The zero-order valence-electron chi connectivity index (χ0n) is 19.3. The topological polar surface area (TPSA) is 71.0 Å². The molecule has 0 aliphatic carbocycles. The van der Waals surface area contributed by atoms with Crippen molar-refractivity contribution in [3.05, 3.63) is 114 Å². The average Bonchev–Trinajstić information content (AvgIpc) is 3.27. The van der Waals surface area contributed by atoms with Gasteiger partial charge in [-0.05, 0) is 59.5 Å². The molecule has 35 heavy (non-hydrogen) atoms. The standard InChI is InChI=1S/C28H27N3O3S/c1-2-18-34-25-14-8-22(9-15-25)19-29-30-27(33)23-10-12-24(13-11-23)28-31(26(32)20-35-28)17-16-21-6-4-3-5-7-21/h2-15,19,28H,1,16-18,20H2,(H,30,33)/b29-19-/t28-/m0/s1. The molecule has 0 bridgehead atoms. The minimum Gasteiger partial charge on any atom is -0.490 e. The van der Waals surface area contributed by atoms with E-state index in [-0.39, 0.29) is 17.2 Å². The van der Waals surface area contributed by atoms with Crippen LogP contribution in [0.15, 0.2) is 96.6 Å². The Labute approximate surface area is 209 Å². The monoisotopic (exact) mass is 485 g/mol. The van der Waals surface area contributed by atoms with Crippen LogP contribution < -0.4 is 10.2 Å². The first-order valence-corrected chi connectivity index (χ1v) is 12.4. The minimum atomic E-state index is -0.296. The van der Waals surface area contributed by atoms with Gasteiger partial charge in [-0.15, -0.1) is 11.8 Å². The number of nitrogens with one attached hydrogen (secondary N) is 1. The number of nitrogens with zero attached hydrogens (tertiary/aromatic N) is 2. The van der Waals surface area contributed by atoms with Gasteiger partial charge in [0.15, 0.2) is 0 Å². The van der Waals surface area contributed by atoms with Gasteiger partial charge in [-0.25, -0.2) is 5.43 Å². The largest absolute Gasteiger partial charge is 0.490 e. The van der Waals surface area contributed by atoms with E-state index in [0.717, 1.165) is 23.3 Å². The van der Waals surface area contributed by atoms with Crippen molar-refractivity contribution < 1.29 is 14.3 Å². The highest BCUT2D eigenvalue weighted by Crippen LogP contribution is 2.38. The number of carbonyl (C=O) groups is 2. The third-order valence-corrected chi connectivity index (χ3v) is 6.79. The molecule has 3 aromatic carbocycles. The van der Waals surface area contributed by atoms with E-state index in [4.69, 9.17) is 4.74 Å². The molecular formula is C28H27N3O3S. The Bertz CT molecular complexity index is 1180. The lowest BCUT2D eigenvalue weighted by Gasteiger charge is -2.24. The van der Waals surface area contributed by atoms with Gasteiger partial charge in [0.05, 0.1) is 12.0 Å². The molecule has 1 saturated heterocycles. The lowest BCUT2D eigenvalue weighted by molar-refractivity contribution is -0.128. The summed E-state index contributed by atoms with van der Waals surface area (Å²) in [6.45, 7) is 4.73. The van der Waals surface area contributed by atoms with Crippen LogP contribution in [0.1, 0.15) is 32.4 Å². The lowest BCUT2D eigenvalue weighted by atomic mass is 10.1. The van der Waals surface area contributed by atoms with E-state index in [0.29, 0.717) is 24.5 Å². The third-order valence-electron chi connectivity index (χ3n) is 5.54. The Morgan fingerprint density at radius 2 is 1.83 bits per heavy atom. The Morgan fingerprint density at radius 3 is 2.54 bits per heavy atom. The van der Waals surface area contributed by atoms with Gasteiger partial charge in [0.25, 0.3) is 5.91 Å². The molecule has 0 aromatic heterocycles. The van der Waals surface area contributed by atoms with Crippen molar-refractivity contribution >= 4 is 29.8 Å². The highest BCUT2D eigenvalue weighted by molar-refractivity contribution is 8.00. The summed E-state index contributed by atoms with van der Waals surface area (Å²) in [4.78, 5) is 26.9. The number of benzene rings is 3. The number of thioether (sulfide) groups is 1. The van der Waals surface area contributed by atoms with Crippen LogP contribution in [-0.4, -0.2) is 41.8 Å². The van der Waals surface area contributed by atoms with Crippen LogP contribution in [0.2, 0.25) is 0 Å². The molecule has 0 radical (unpaired) electrons. The number of hydrogen-bond donors (Lipinski definition) is 1. The maximum absolute atomic E-state index is 12.5. The lowest BCUT2D eigenvalue weighted by Crippen LogP contribution is -2.30. The molecule has 1 N–H and O–H groups in total. The molecule has 7 heteroatoms. The van der Waals surface area contributed by atoms with Crippen molar-refractivity contribution in [1.82, 2.24) is 10.3 Å². The van der Waals surface area contributed by atoms with Crippen molar-refractivity contribution in [3.63, 3.8) is 0 Å². The molecule has 0 spiro atoms. The van der Waals surface area contributed by atoms with Crippen LogP contribution >= 0.6 is 11.8 Å². The number of ether oxygens (including phenoxy) is 1. The van der Waals surface area contributed by atoms with Crippen LogP contribution in [0, 0.1) is 0 Å². The van der Waals surface area contributed by atoms with E-state index in [9.17, 15) is 9.59 Å². The quantitative estimate of drug-likeness (QED) is 0.254. The third kappa shape index (κ3) is 6.61. The second kappa shape index (κ2) is 12.0. The predicted molar refractivity (Wildman–Crippen MR) is 141 cm³/mol. The van der Waals surface area contributed by atoms with Crippen LogP contribution in [0.3, 0.4) is 0 Å². The van der Waals surface area contributed by atoms with E-state index in [2.05, 4.69) is 29.2 Å². The van der Waals surface area contributed by atoms with Crippen molar-refractivity contribution in [2.75, 3.05) is 18.9 Å². The first-order valence-electron chi connectivity index (χ1n) is 11.4. The summed E-state index contributed by atoms with van der Waals surface area (Å²) in [6, 6.07) is 24.9. The smallest absolute Gasteiger partial charge is 0.271 e. The van der Waals surface area contributed by atoms with Gasteiger partial charge < -0.3 is 9.64 Å². The fourth-order valence-electron chi connectivity index (χ4n) is 3.70. The SMILES string of the molecule is C=CCOc1ccc(/C=N\NC(=O)c2ccc([C@@H]3SCC(=O)N3CCc3ccccc3)cc2)cc1. The molecule has 4 rings (SSSR count). The summed E-state index contributed by atoms with van der Waals surface area (Å²) in [7, 11) is 0. The maximum atomic E-state index is 12.5. The van der Waals surface area contributed by atoms with E-state index in [1.807, 2.05) is 59.5 Å². The summed E-state index contributed by atoms with van der Waals surface area (Å²) in [5.41, 5.74) is 6.11. The van der Waals surface area contributed by atoms with Gasteiger partial charge >= 0.3 is 0 Å². The van der Waals surface area contributed by atoms with Gasteiger partial charge in [-0.1, -0.05) is 55.1 Å². The highest BCUT2D eigenvalue weighted by atomic mass is 32.2. The first-order chi connectivity index (χ1) is 17.1. The Hall–Kier alpha value is -3.84. The number of rotatable bonds is 10. The fourth-order valence-corrected chi connectivity index (χ4v) is 4.92. The normalized spacial score (nSPS) is 15.4. The zero-order valence-corrected chi connectivity index (χ0v) is 20.1. The molecule has 1 atom stereocenters. The van der Waals surface area contributed by atoms with Crippen LogP contribution in [0.5, 0.6) is 5.75 Å². The van der Waals surface area contributed by atoms with E-state index in [1.165, 1.54) is 5.56 Å². The molecule has 1 fully saturated rings. The average molecular weight is 486 g/mol. The molecule has 1 aliphatic heterocycles. The molecule has 0 saturated carbocycles. The van der Waals surface area contributed by atoms with Crippen LogP contribution in [0.25, 0.3) is 0 Å². The van der Waals surface area contributed by atoms with E-state index in [1.54, 1.807) is 36.2 Å². The molecule has 1 heterocycles. The van der Waals surface area contributed by atoms with Gasteiger partial charge in [0, 0.05) is 12.1 Å². The van der Waals surface area contributed by atoms with Gasteiger partial charge in [0.1, 0.15) is 17.7 Å². The van der Waals surface area contributed by atoms with Crippen LogP contribution in [0.4, 0.5) is 0 Å². The van der Waals surface area contributed by atoms with Crippen molar-refractivity contribution in [2.24, 2.45) is 5.10 Å². The number of amides is 2. The molecule has 2 amide bonds. The summed E-state index contributed by atoms with van der Waals surface area (Å²) < 4.78 is 5.45. The van der Waals surface area contributed by atoms with Crippen molar-refractivity contribution in [1.29, 1.82) is 0 Å². The number of carbonyl (C=O) groups excluding carboxylic acids is 2. The summed E-state index contributed by atoms with van der Waals surface area (Å²) in [6.07, 6.45) is 4.08. The molecular weight excluding hydrogens is 458 g/mol. The predicted octanol–water partition coefficient (Wildman–Crippen LogP) is 4.83. The number of hydrazone groups is 1. The van der Waals surface area contributed by atoms with Crippen molar-refractivity contribution in [2.45, 2.75) is 11.8 Å². The molecule has 0 unspecified atom stereocenters. The van der Waals surface area contributed by atoms with Crippen LogP contribution in [-0.2, 0) is 11.2 Å². The molecule has 3 aromatic rings. The van der Waals surface area contributed by atoms with E-state index < -0.39 is 0 Å². The van der Waals surface area contributed by atoms with Gasteiger partial charge in [0.2, 0.25) is 5.91 Å². The molecule has 1 aliphatic rings. The number of hydrogen-bond acceptors (Lipinski definition) is 5. The molecule has 6 nitrogen and oxygen atoms in total. The second-order valence-corrected chi connectivity index (χ2v) is 9.04.